The maximum absolute atomic E-state index is 12.6. The predicted molar refractivity (Wildman–Crippen MR) is 97.4 cm³/mol. The van der Waals surface area contributed by atoms with Crippen molar-refractivity contribution in [3.05, 3.63) is 59.7 Å². The van der Waals surface area contributed by atoms with Crippen LogP contribution in [-0.4, -0.2) is 43.4 Å². The first-order valence-corrected chi connectivity index (χ1v) is 9.10. The molecule has 0 bridgehead atoms. The summed E-state index contributed by atoms with van der Waals surface area (Å²) in [6.07, 6.45) is 2.11. The molecule has 136 valence electrons. The normalized spacial score (nSPS) is 18.8. The number of fused-ring (bicyclic) bond motifs is 1. The van der Waals surface area contributed by atoms with Crippen LogP contribution in [0.2, 0.25) is 0 Å². The van der Waals surface area contributed by atoms with E-state index in [1.807, 2.05) is 41.3 Å². The van der Waals surface area contributed by atoms with Gasteiger partial charge in [-0.25, -0.2) is 0 Å². The van der Waals surface area contributed by atoms with E-state index in [2.05, 4.69) is 12.1 Å². The molecule has 1 saturated heterocycles. The van der Waals surface area contributed by atoms with Crippen LogP contribution in [0.3, 0.4) is 0 Å². The van der Waals surface area contributed by atoms with Crippen molar-refractivity contribution >= 4 is 5.91 Å². The van der Waals surface area contributed by atoms with E-state index in [0.717, 1.165) is 23.5 Å². The van der Waals surface area contributed by atoms with E-state index >= 15 is 0 Å². The van der Waals surface area contributed by atoms with Crippen molar-refractivity contribution in [3.8, 4) is 11.5 Å². The fraction of sp³-hybridized carbons (Fsp3) is 0.381. The number of carbonyl (C=O) groups excluding carboxylic acids is 1. The molecule has 0 spiro atoms. The van der Waals surface area contributed by atoms with Gasteiger partial charge in [-0.1, -0.05) is 36.4 Å². The van der Waals surface area contributed by atoms with Gasteiger partial charge in [0.25, 0.3) is 0 Å². The van der Waals surface area contributed by atoms with Gasteiger partial charge in [0.2, 0.25) is 12.7 Å². The van der Waals surface area contributed by atoms with Gasteiger partial charge in [-0.3, -0.25) is 4.79 Å². The van der Waals surface area contributed by atoms with Crippen molar-refractivity contribution < 1.29 is 19.0 Å². The van der Waals surface area contributed by atoms with E-state index in [4.69, 9.17) is 14.2 Å². The first kappa shape index (κ1) is 16.9. The molecule has 0 N–H and O–H groups in total. The van der Waals surface area contributed by atoms with Crippen LogP contribution < -0.4 is 9.47 Å². The highest BCUT2D eigenvalue weighted by atomic mass is 16.7. The number of hydrogen-bond acceptors (Lipinski definition) is 4. The highest BCUT2D eigenvalue weighted by Crippen LogP contribution is 2.32. The molecule has 1 amide bonds. The van der Waals surface area contributed by atoms with Crippen molar-refractivity contribution in [2.24, 2.45) is 0 Å². The van der Waals surface area contributed by atoms with Crippen LogP contribution in [0.1, 0.15) is 17.5 Å². The smallest absolute Gasteiger partial charge is 0.231 e. The standard InChI is InChI=1S/C21H23NO4/c23-21(9-7-17-6-8-19-20(13-17)26-15-25-19)22-10-11-24-18(14-22)12-16-4-2-1-3-5-16/h1-6,8,13,18H,7,9-12,14-15H2. The SMILES string of the molecule is O=C(CCc1ccc2c(c1)OCO2)N1CCOC(Cc2ccccc2)C1. The van der Waals surface area contributed by atoms with Crippen LogP contribution >= 0.6 is 0 Å². The zero-order valence-corrected chi connectivity index (χ0v) is 14.7. The average Bonchev–Trinajstić information content (AvgIpc) is 3.15. The Balaban J connectivity index is 1.30. The summed E-state index contributed by atoms with van der Waals surface area (Å²) < 4.78 is 16.6. The lowest BCUT2D eigenvalue weighted by Crippen LogP contribution is -2.46. The van der Waals surface area contributed by atoms with E-state index in [9.17, 15) is 4.79 Å². The van der Waals surface area contributed by atoms with Gasteiger partial charge in [0, 0.05) is 25.9 Å². The van der Waals surface area contributed by atoms with Gasteiger partial charge in [0.15, 0.2) is 11.5 Å². The summed E-state index contributed by atoms with van der Waals surface area (Å²) >= 11 is 0. The highest BCUT2D eigenvalue weighted by molar-refractivity contribution is 5.76. The van der Waals surface area contributed by atoms with Gasteiger partial charge >= 0.3 is 0 Å². The van der Waals surface area contributed by atoms with Crippen molar-refractivity contribution in [1.29, 1.82) is 0 Å². The summed E-state index contributed by atoms with van der Waals surface area (Å²) in [5.74, 6) is 1.73. The highest BCUT2D eigenvalue weighted by Gasteiger charge is 2.24. The topological polar surface area (TPSA) is 48.0 Å². The molecule has 2 aromatic carbocycles. The van der Waals surface area contributed by atoms with Crippen molar-refractivity contribution in [1.82, 2.24) is 4.90 Å². The first-order valence-electron chi connectivity index (χ1n) is 9.10. The second-order valence-electron chi connectivity index (χ2n) is 6.71. The lowest BCUT2D eigenvalue weighted by atomic mass is 10.1. The molecular formula is C21H23NO4. The molecule has 26 heavy (non-hydrogen) atoms. The summed E-state index contributed by atoms with van der Waals surface area (Å²) in [4.78, 5) is 14.6. The minimum absolute atomic E-state index is 0.0700. The van der Waals surface area contributed by atoms with Gasteiger partial charge in [0.05, 0.1) is 12.7 Å². The molecule has 1 fully saturated rings. The third-order valence-corrected chi connectivity index (χ3v) is 4.86. The minimum Gasteiger partial charge on any atom is -0.454 e. The van der Waals surface area contributed by atoms with Gasteiger partial charge < -0.3 is 19.1 Å². The molecule has 0 saturated carbocycles. The van der Waals surface area contributed by atoms with E-state index in [1.165, 1.54) is 5.56 Å². The number of amides is 1. The summed E-state index contributed by atoms with van der Waals surface area (Å²) in [6.45, 7) is 2.21. The monoisotopic (exact) mass is 353 g/mol. The Hall–Kier alpha value is -2.53. The number of morpholine rings is 1. The average molecular weight is 353 g/mol. The quantitative estimate of drug-likeness (QED) is 0.829. The summed E-state index contributed by atoms with van der Waals surface area (Å²) in [7, 11) is 0. The molecule has 5 heteroatoms. The summed E-state index contributed by atoms with van der Waals surface area (Å²) in [5, 5.41) is 0. The molecule has 1 unspecified atom stereocenters. The van der Waals surface area contributed by atoms with Crippen LogP contribution in [0.25, 0.3) is 0 Å². The zero-order valence-electron chi connectivity index (χ0n) is 14.7. The van der Waals surface area contributed by atoms with E-state index in [1.54, 1.807) is 0 Å². The molecule has 2 heterocycles. The predicted octanol–water partition coefficient (Wildman–Crippen LogP) is 2.82. The van der Waals surface area contributed by atoms with Gasteiger partial charge in [-0.15, -0.1) is 0 Å². The van der Waals surface area contributed by atoms with Gasteiger partial charge in [0.1, 0.15) is 0 Å². The third kappa shape index (κ3) is 3.99. The number of rotatable bonds is 5. The second kappa shape index (κ2) is 7.79. The number of benzene rings is 2. The van der Waals surface area contributed by atoms with Crippen molar-refractivity contribution in [2.75, 3.05) is 26.5 Å². The molecule has 4 rings (SSSR count). The van der Waals surface area contributed by atoms with Gasteiger partial charge in [-0.2, -0.15) is 0 Å². The van der Waals surface area contributed by atoms with Crippen LogP contribution in [0, 0.1) is 0 Å². The Morgan fingerprint density at radius 2 is 1.88 bits per heavy atom. The molecule has 0 aliphatic carbocycles. The maximum atomic E-state index is 12.6. The Kier molecular flexibility index (Phi) is 5.07. The number of nitrogens with zero attached hydrogens (tertiary/aromatic N) is 1. The molecule has 2 aliphatic heterocycles. The summed E-state index contributed by atoms with van der Waals surface area (Å²) in [6, 6.07) is 16.2. The Morgan fingerprint density at radius 3 is 2.77 bits per heavy atom. The van der Waals surface area contributed by atoms with Crippen molar-refractivity contribution in [3.63, 3.8) is 0 Å². The van der Waals surface area contributed by atoms with E-state index < -0.39 is 0 Å². The molecular weight excluding hydrogens is 330 g/mol. The molecule has 5 nitrogen and oxygen atoms in total. The number of hydrogen-bond donors (Lipinski definition) is 0. The van der Waals surface area contributed by atoms with E-state index in [-0.39, 0.29) is 18.8 Å². The fourth-order valence-electron chi connectivity index (χ4n) is 3.45. The molecule has 0 radical (unpaired) electrons. The van der Waals surface area contributed by atoms with Crippen LogP contribution in [0.15, 0.2) is 48.5 Å². The van der Waals surface area contributed by atoms with Crippen LogP contribution in [-0.2, 0) is 22.4 Å². The molecule has 0 aromatic heterocycles. The van der Waals surface area contributed by atoms with E-state index in [0.29, 0.717) is 32.5 Å². The molecule has 1 atom stereocenters. The number of carbonyl (C=O) groups is 1. The number of ether oxygens (including phenoxy) is 3. The largest absolute Gasteiger partial charge is 0.454 e. The maximum Gasteiger partial charge on any atom is 0.231 e. The first-order chi connectivity index (χ1) is 12.8. The van der Waals surface area contributed by atoms with Gasteiger partial charge in [-0.05, 0) is 29.7 Å². The zero-order chi connectivity index (χ0) is 17.8. The number of aryl methyl sites for hydroxylation is 1. The molecule has 2 aliphatic rings. The summed E-state index contributed by atoms with van der Waals surface area (Å²) in [5.41, 5.74) is 2.34. The Bertz CT molecular complexity index is 762. The molecule has 2 aromatic rings. The minimum atomic E-state index is 0.0700. The van der Waals surface area contributed by atoms with Crippen LogP contribution in [0.4, 0.5) is 0 Å². The van der Waals surface area contributed by atoms with Crippen LogP contribution in [0.5, 0.6) is 11.5 Å². The lowest BCUT2D eigenvalue weighted by molar-refractivity contribution is -0.138. The Morgan fingerprint density at radius 1 is 1.04 bits per heavy atom. The lowest BCUT2D eigenvalue weighted by Gasteiger charge is -2.33. The fourth-order valence-corrected chi connectivity index (χ4v) is 3.45. The second-order valence-corrected chi connectivity index (χ2v) is 6.71. The van der Waals surface area contributed by atoms with Crippen molar-refractivity contribution in [2.45, 2.75) is 25.4 Å². The Labute approximate surface area is 153 Å². The third-order valence-electron chi connectivity index (χ3n) is 4.86.